The lowest BCUT2D eigenvalue weighted by molar-refractivity contribution is -0.131. The molecule has 19 heavy (non-hydrogen) atoms. The summed E-state index contributed by atoms with van der Waals surface area (Å²) in [6.45, 7) is 0.774. The van der Waals surface area contributed by atoms with Crippen LogP contribution in [0.1, 0.15) is 6.42 Å². The number of pyridine rings is 1. The van der Waals surface area contributed by atoms with Crippen molar-refractivity contribution < 1.29 is 9.90 Å². The molecule has 1 amide bonds. The summed E-state index contributed by atoms with van der Waals surface area (Å²) in [6, 6.07) is 5.23. The van der Waals surface area contributed by atoms with Crippen molar-refractivity contribution in [1.82, 2.24) is 19.1 Å². The summed E-state index contributed by atoms with van der Waals surface area (Å²) in [5.41, 5.74) is 0.186. The average molecular weight is 262 g/mol. The minimum atomic E-state index is -0.457. The van der Waals surface area contributed by atoms with Crippen molar-refractivity contribution in [2.45, 2.75) is 19.1 Å². The van der Waals surface area contributed by atoms with E-state index in [1.165, 1.54) is 4.40 Å². The van der Waals surface area contributed by atoms with Gasteiger partial charge >= 0.3 is 5.69 Å². The second-order valence-electron chi connectivity index (χ2n) is 4.65. The van der Waals surface area contributed by atoms with Gasteiger partial charge in [0.1, 0.15) is 6.54 Å². The van der Waals surface area contributed by atoms with Gasteiger partial charge in [-0.1, -0.05) is 6.07 Å². The number of aliphatic hydroxyl groups excluding tert-OH is 1. The van der Waals surface area contributed by atoms with E-state index in [0.717, 1.165) is 4.68 Å². The zero-order valence-electron chi connectivity index (χ0n) is 10.3. The molecule has 0 aromatic carbocycles. The maximum atomic E-state index is 12.0. The number of rotatable bonds is 2. The predicted molar refractivity (Wildman–Crippen MR) is 66.7 cm³/mol. The van der Waals surface area contributed by atoms with Gasteiger partial charge in [0, 0.05) is 19.3 Å². The van der Waals surface area contributed by atoms with Gasteiger partial charge in [0.15, 0.2) is 5.65 Å². The Kier molecular flexibility index (Phi) is 2.83. The van der Waals surface area contributed by atoms with E-state index in [-0.39, 0.29) is 18.1 Å². The van der Waals surface area contributed by atoms with Gasteiger partial charge in [-0.25, -0.2) is 9.48 Å². The van der Waals surface area contributed by atoms with Crippen LogP contribution in [0.25, 0.3) is 5.65 Å². The molecule has 0 radical (unpaired) electrons. The molecule has 3 heterocycles. The summed E-state index contributed by atoms with van der Waals surface area (Å²) >= 11 is 0. The molecule has 3 rings (SSSR count). The van der Waals surface area contributed by atoms with Crippen LogP contribution in [0.15, 0.2) is 29.2 Å². The van der Waals surface area contributed by atoms with Crippen LogP contribution in [0, 0.1) is 0 Å². The summed E-state index contributed by atoms with van der Waals surface area (Å²) in [5.74, 6) is -0.193. The number of aromatic nitrogens is 3. The fourth-order valence-electron chi connectivity index (χ4n) is 2.27. The number of aliphatic hydroxyl groups is 1. The molecular formula is C12H14N4O3. The number of β-amino-alcohol motifs (C(OH)–C–C–N with tert-alkyl or cyclic N) is 1. The molecule has 1 fully saturated rings. The largest absolute Gasteiger partial charge is 0.391 e. The zero-order valence-corrected chi connectivity index (χ0v) is 10.3. The van der Waals surface area contributed by atoms with E-state index in [4.69, 9.17) is 0 Å². The molecular weight excluding hydrogens is 248 g/mol. The van der Waals surface area contributed by atoms with Gasteiger partial charge in [-0.15, -0.1) is 5.10 Å². The Hall–Kier alpha value is -2.15. The molecule has 1 saturated heterocycles. The fourth-order valence-corrected chi connectivity index (χ4v) is 2.27. The normalized spacial score (nSPS) is 19.2. The van der Waals surface area contributed by atoms with Gasteiger partial charge in [-0.2, -0.15) is 0 Å². The summed E-state index contributed by atoms with van der Waals surface area (Å²) in [4.78, 5) is 25.5. The number of amides is 1. The number of likely N-dealkylation sites (tertiary alicyclic amines) is 1. The molecule has 2 aromatic rings. The second kappa shape index (κ2) is 4.51. The topological polar surface area (TPSA) is 79.8 Å². The van der Waals surface area contributed by atoms with Crippen molar-refractivity contribution in [3.8, 4) is 0 Å². The number of hydrogen-bond acceptors (Lipinski definition) is 4. The SMILES string of the molecule is O=C(Cn1nc2ccccn2c1=O)N1CC[C@@H](O)C1. The van der Waals surface area contributed by atoms with E-state index >= 15 is 0 Å². The van der Waals surface area contributed by atoms with E-state index in [2.05, 4.69) is 5.10 Å². The van der Waals surface area contributed by atoms with Crippen LogP contribution >= 0.6 is 0 Å². The number of carbonyl (C=O) groups is 1. The van der Waals surface area contributed by atoms with Crippen molar-refractivity contribution in [2.75, 3.05) is 13.1 Å². The van der Waals surface area contributed by atoms with Gasteiger partial charge in [-0.3, -0.25) is 9.20 Å². The summed E-state index contributed by atoms with van der Waals surface area (Å²) in [6.07, 6.45) is 1.75. The molecule has 0 aliphatic carbocycles. The molecule has 1 N–H and O–H groups in total. The minimum Gasteiger partial charge on any atom is -0.391 e. The third-order valence-corrected chi connectivity index (χ3v) is 3.29. The third-order valence-electron chi connectivity index (χ3n) is 3.29. The lowest BCUT2D eigenvalue weighted by Gasteiger charge is -2.14. The molecule has 2 aromatic heterocycles. The van der Waals surface area contributed by atoms with E-state index in [0.29, 0.717) is 25.2 Å². The van der Waals surface area contributed by atoms with Crippen LogP contribution in [-0.2, 0) is 11.3 Å². The molecule has 1 atom stereocenters. The Morgan fingerprint density at radius 1 is 1.47 bits per heavy atom. The standard InChI is InChI=1S/C12H14N4O3/c17-9-4-6-14(7-9)11(18)8-16-12(19)15-5-2-1-3-10(15)13-16/h1-3,5,9,17H,4,6-8H2/t9-/m1/s1. The lowest BCUT2D eigenvalue weighted by atomic mass is 10.3. The first-order valence-corrected chi connectivity index (χ1v) is 6.15. The zero-order chi connectivity index (χ0) is 13.4. The van der Waals surface area contributed by atoms with Crippen molar-refractivity contribution in [3.63, 3.8) is 0 Å². The number of nitrogens with zero attached hydrogens (tertiary/aromatic N) is 4. The summed E-state index contributed by atoms with van der Waals surface area (Å²) in [7, 11) is 0. The molecule has 100 valence electrons. The first kappa shape index (κ1) is 11.9. The quantitative estimate of drug-likeness (QED) is 0.760. The number of fused-ring (bicyclic) bond motifs is 1. The predicted octanol–water partition coefficient (Wildman–Crippen LogP) is -0.911. The first-order chi connectivity index (χ1) is 9.15. The molecule has 7 heteroatoms. The molecule has 1 aliphatic rings. The van der Waals surface area contributed by atoms with Crippen LogP contribution in [0.2, 0.25) is 0 Å². The van der Waals surface area contributed by atoms with Crippen LogP contribution in [0.4, 0.5) is 0 Å². The van der Waals surface area contributed by atoms with E-state index < -0.39 is 6.10 Å². The van der Waals surface area contributed by atoms with Crippen molar-refractivity contribution >= 4 is 11.6 Å². The summed E-state index contributed by atoms with van der Waals surface area (Å²) < 4.78 is 2.55. The van der Waals surface area contributed by atoms with Gasteiger partial charge in [0.2, 0.25) is 5.91 Å². The van der Waals surface area contributed by atoms with Gasteiger partial charge in [0.05, 0.1) is 6.10 Å². The van der Waals surface area contributed by atoms with Gasteiger partial charge in [-0.05, 0) is 18.6 Å². The van der Waals surface area contributed by atoms with E-state index in [1.807, 2.05) is 0 Å². The molecule has 0 unspecified atom stereocenters. The highest BCUT2D eigenvalue weighted by molar-refractivity contribution is 5.76. The molecule has 1 aliphatic heterocycles. The van der Waals surface area contributed by atoms with Crippen molar-refractivity contribution in [3.05, 3.63) is 34.9 Å². The lowest BCUT2D eigenvalue weighted by Crippen LogP contribution is -2.35. The first-order valence-electron chi connectivity index (χ1n) is 6.15. The van der Waals surface area contributed by atoms with Crippen LogP contribution < -0.4 is 5.69 Å². The number of hydrogen-bond donors (Lipinski definition) is 1. The van der Waals surface area contributed by atoms with Crippen LogP contribution in [-0.4, -0.2) is 49.3 Å². The molecule has 0 bridgehead atoms. The van der Waals surface area contributed by atoms with Crippen LogP contribution in [0.5, 0.6) is 0 Å². The second-order valence-corrected chi connectivity index (χ2v) is 4.65. The Morgan fingerprint density at radius 3 is 3.00 bits per heavy atom. The van der Waals surface area contributed by atoms with E-state index in [9.17, 15) is 14.7 Å². The van der Waals surface area contributed by atoms with Gasteiger partial charge < -0.3 is 10.0 Å². The fraction of sp³-hybridized carbons (Fsp3) is 0.417. The Labute approximate surface area is 108 Å². The number of carbonyl (C=O) groups excluding carboxylic acids is 1. The Bertz CT molecular complexity index is 675. The monoisotopic (exact) mass is 262 g/mol. The van der Waals surface area contributed by atoms with Crippen molar-refractivity contribution in [1.29, 1.82) is 0 Å². The molecule has 0 saturated carbocycles. The summed E-state index contributed by atoms with van der Waals surface area (Å²) in [5, 5.41) is 13.5. The highest BCUT2D eigenvalue weighted by atomic mass is 16.3. The maximum Gasteiger partial charge on any atom is 0.350 e. The molecule has 0 spiro atoms. The highest BCUT2D eigenvalue weighted by Crippen LogP contribution is 2.09. The van der Waals surface area contributed by atoms with E-state index in [1.54, 1.807) is 29.3 Å². The van der Waals surface area contributed by atoms with Gasteiger partial charge in [0.25, 0.3) is 0 Å². The van der Waals surface area contributed by atoms with Crippen LogP contribution in [0.3, 0.4) is 0 Å². The Balaban J connectivity index is 1.83. The molecule has 7 nitrogen and oxygen atoms in total. The van der Waals surface area contributed by atoms with Crippen molar-refractivity contribution in [2.24, 2.45) is 0 Å². The Morgan fingerprint density at radius 2 is 2.32 bits per heavy atom. The minimum absolute atomic E-state index is 0.0900. The maximum absolute atomic E-state index is 12.0. The highest BCUT2D eigenvalue weighted by Gasteiger charge is 2.25. The average Bonchev–Trinajstić information content (AvgIpc) is 2.96. The third kappa shape index (κ3) is 2.12. The smallest absolute Gasteiger partial charge is 0.350 e.